The summed E-state index contributed by atoms with van der Waals surface area (Å²) in [7, 11) is 0. The monoisotopic (exact) mass is 157 g/mol. The molecular formula is C9H19NO. The van der Waals surface area contributed by atoms with E-state index in [2.05, 4.69) is 12.2 Å². The zero-order valence-corrected chi connectivity index (χ0v) is 7.44. The van der Waals surface area contributed by atoms with Gasteiger partial charge in [-0.2, -0.15) is 0 Å². The molecule has 2 nitrogen and oxygen atoms in total. The molecule has 0 spiro atoms. The topological polar surface area (TPSA) is 21.3 Å². The molecule has 1 N–H and O–H groups in total. The molecule has 0 aromatic carbocycles. The van der Waals surface area contributed by atoms with Crippen LogP contribution in [0.15, 0.2) is 0 Å². The molecular weight excluding hydrogens is 138 g/mol. The fourth-order valence-electron chi connectivity index (χ4n) is 1.44. The van der Waals surface area contributed by atoms with Gasteiger partial charge in [0, 0.05) is 6.61 Å². The number of hydrogen-bond donors (Lipinski definition) is 1. The summed E-state index contributed by atoms with van der Waals surface area (Å²) in [6, 6.07) is 0. The molecule has 66 valence electrons. The van der Waals surface area contributed by atoms with Gasteiger partial charge in [-0.1, -0.05) is 6.92 Å². The molecule has 0 radical (unpaired) electrons. The van der Waals surface area contributed by atoms with E-state index >= 15 is 0 Å². The normalized spacial score (nSPS) is 26.5. The summed E-state index contributed by atoms with van der Waals surface area (Å²) in [5.41, 5.74) is 0. The van der Waals surface area contributed by atoms with Crippen molar-refractivity contribution in [1.29, 1.82) is 0 Å². The lowest BCUT2D eigenvalue weighted by atomic mass is 10.2. The maximum atomic E-state index is 5.67. The fraction of sp³-hybridized carbons (Fsp3) is 1.00. The third kappa shape index (κ3) is 3.73. The summed E-state index contributed by atoms with van der Waals surface area (Å²) < 4.78 is 5.67. The Kier molecular flexibility index (Phi) is 4.55. The van der Waals surface area contributed by atoms with Crippen LogP contribution in [0.4, 0.5) is 0 Å². The van der Waals surface area contributed by atoms with Crippen molar-refractivity contribution in [3.05, 3.63) is 0 Å². The van der Waals surface area contributed by atoms with Gasteiger partial charge in [0.1, 0.15) is 0 Å². The van der Waals surface area contributed by atoms with E-state index in [4.69, 9.17) is 4.74 Å². The van der Waals surface area contributed by atoms with Crippen LogP contribution in [-0.4, -0.2) is 25.8 Å². The highest BCUT2D eigenvalue weighted by atomic mass is 16.5. The molecule has 0 amide bonds. The quantitative estimate of drug-likeness (QED) is 0.671. The molecule has 1 heterocycles. The SMILES string of the molecule is CCCO[C@@H]1CCCNCC1. The summed E-state index contributed by atoms with van der Waals surface area (Å²) in [6.45, 7) is 5.40. The Balaban J connectivity index is 2.09. The molecule has 0 saturated carbocycles. The van der Waals surface area contributed by atoms with Crippen molar-refractivity contribution in [3.63, 3.8) is 0 Å². The van der Waals surface area contributed by atoms with Gasteiger partial charge in [0.15, 0.2) is 0 Å². The zero-order chi connectivity index (χ0) is 7.94. The molecule has 1 aliphatic heterocycles. The van der Waals surface area contributed by atoms with Gasteiger partial charge in [0.05, 0.1) is 6.10 Å². The molecule has 1 rings (SSSR count). The Labute approximate surface area is 69.3 Å². The second-order valence-electron chi connectivity index (χ2n) is 3.17. The Bertz CT molecular complexity index is 87.6. The summed E-state index contributed by atoms with van der Waals surface area (Å²) in [5, 5.41) is 3.37. The second-order valence-corrected chi connectivity index (χ2v) is 3.17. The van der Waals surface area contributed by atoms with Crippen LogP contribution in [0.5, 0.6) is 0 Å². The lowest BCUT2D eigenvalue weighted by Crippen LogP contribution is -2.17. The number of hydrogen-bond acceptors (Lipinski definition) is 2. The summed E-state index contributed by atoms with van der Waals surface area (Å²) in [4.78, 5) is 0. The molecule has 0 bridgehead atoms. The maximum Gasteiger partial charge on any atom is 0.0587 e. The standard InChI is InChI=1S/C9H19NO/c1-2-8-11-9-4-3-6-10-7-5-9/h9-10H,2-8H2,1H3/t9-/m1/s1. The van der Waals surface area contributed by atoms with Crippen LogP contribution < -0.4 is 5.32 Å². The zero-order valence-electron chi connectivity index (χ0n) is 7.44. The Morgan fingerprint density at radius 3 is 3.09 bits per heavy atom. The van der Waals surface area contributed by atoms with Gasteiger partial charge < -0.3 is 10.1 Å². The second kappa shape index (κ2) is 5.56. The van der Waals surface area contributed by atoms with Crippen LogP contribution in [0.1, 0.15) is 32.6 Å². The maximum absolute atomic E-state index is 5.67. The smallest absolute Gasteiger partial charge is 0.0587 e. The Morgan fingerprint density at radius 2 is 2.27 bits per heavy atom. The predicted octanol–water partition coefficient (Wildman–Crippen LogP) is 1.56. The van der Waals surface area contributed by atoms with Crippen LogP contribution in [0.3, 0.4) is 0 Å². The van der Waals surface area contributed by atoms with Crippen molar-refractivity contribution in [2.45, 2.75) is 38.7 Å². The van der Waals surface area contributed by atoms with Gasteiger partial charge in [-0.05, 0) is 38.8 Å². The highest BCUT2D eigenvalue weighted by Crippen LogP contribution is 2.09. The molecule has 11 heavy (non-hydrogen) atoms. The van der Waals surface area contributed by atoms with Crippen molar-refractivity contribution in [3.8, 4) is 0 Å². The van der Waals surface area contributed by atoms with Gasteiger partial charge in [0.25, 0.3) is 0 Å². The Morgan fingerprint density at radius 1 is 1.36 bits per heavy atom. The van der Waals surface area contributed by atoms with Crippen molar-refractivity contribution >= 4 is 0 Å². The first-order chi connectivity index (χ1) is 5.43. The van der Waals surface area contributed by atoms with Crippen molar-refractivity contribution in [2.24, 2.45) is 0 Å². The van der Waals surface area contributed by atoms with E-state index in [1.807, 2.05) is 0 Å². The van der Waals surface area contributed by atoms with E-state index in [1.54, 1.807) is 0 Å². The molecule has 0 aliphatic carbocycles. The van der Waals surface area contributed by atoms with Crippen molar-refractivity contribution < 1.29 is 4.74 Å². The van der Waals surface area contributed by atoms with E-state index < -0.39 is 0 Å². The minimum absolute atomic E-state index is 0.532. The first kappa shape index (κ1) is 9.01. The van der Waals surface area contributed by atoms with Crippen molar-refractivity contribution in [2.75, 3.05) is 19.7 Å². The van der Waals surface area contributed by atoms with Crippen LogP contribution >= 0.6 is 0 Å². The molecule has 1 fully saturated rings. The molecule has 0 aromatic heterocycles. The number of nitrogens with one attached hydrogen (secondary N) is 1. The minimum Gasteiger partial charge on any atom is -0.378 e. The lowest BCUT2D eigenvalue weighted by molar-refractivity contribution is 0.0459. The third-order valence-corrected chi connectivity index (χ3v) is 2.08. The van der Waals surface area contributed by atoms with E-state index in [-0.39, 0.29) is 0 Å². The first-order valence-corrected chi connectivity index (χ1v) is 4.76. The fourth-order valence-corrected chi connectivity index (χ4v) is 1.44. The van der Waals surface area contributed by atoms with E-state index in [0.717, 1.165) is 19.6 Å². The number of rotatable bonds is 3. The van der Waals surface area contributed by atoms with Crippen molar-refractivity contribution in [1.82, 2.24) is 5.32 Å². The van der Waals surface area contributed by atoms with E-state index in [1.165, 1.54) is 25.8 Å². The van der Waals surface area contributed by atoms with Gasteiger partial charge in [0.2, 0.25) is 0 Å². The van der Waals surface area contributed by atoms with Crippen LogP contribution in [-0.2, 0) is 4.74 Å². The molecule has 2 heteroatoms. The summed E-state index contributed by atoms with van der Waals surface area (Å²) >= 11 is 0. The minimum atomic E-state index is 0.532. The molecule has 0 aromatic rings. The average molecular weight is 157 g/mol. The summed E-state index contributed by atoms with van der Waals surface area (Å²) in [5.74, 6) is 0. The molecule has 0 unspecified atom stereocenters. The van der Waals surface area contributed by atoms with Gasteiger partial charge in [-0.15, -0.1) is 0 Å². The lowest BCUT2D eigenvalue weighted by Gasteiger charge is -2.13. The summed E-state index contributed by atoms with van der Waals surface area (Å²) in [6.07, 6.45) is 5.38. The molecule has 1 atom stereocenters. The number of ether oxygens (including phenoxy) is 1. The van der Waals surface area contributed by atoms with Gasteiger partial charge in [-0.3, -0.25) is 0 Å². The van der Waals surface area contributed by atoms with Crippen LogP contribution in [0.2, 0.25) is 0 Å². The highest BCUT2D eigenvalue weighted by Gasteiger charge is 2.10. The largest absolute Gasteiger partial charge is 0.378 e. The molecule has 1 saturated heterocycles. The highest BCUT2D eigenvalue weighted by molar-refractivity contribution is 4.65. The van der Waals surface area contributed by atoms with E-state index in [9.17, 15) is 0 Å². The molecule has 1 aliphatic rings. The van der Waals surface area contributed by atoms with E-state index in [0.29, 0.717) is 6.10 Å². The predicted molar refractivity (Wildman–Crippen MR) is 46.8 cm³/mol. The van der Waals surface area contributed by atoms with Crippen LogP contribution in [0.25, 0.3) is 0 Å². The first-order valence-electron chi connectivity index (χ1n) is 4.76. The van der Waals surface area contributed by atoms with Crippen LogP contribution in [0, 0.1) is 0 Å². The Hall–Kier alpha value is -0.0800. The van der Waals surface area contributed by atoms with Gasteiger partial charge >= 0.3 is 0 Å². The third-order valence-electron chi connectivity index (χ3n) is 2.08. The van der Waals surface area contributed by atoms with Gasteiger partial charge in [-0.25, -0.2) is 0 Å². The average Bonchev–Trinajstić information content (AvgIpc) is 2.28.